The van der Waals surface area contributed by atoms with Crippen LogP contribution in [0.2, 0.25) is 0 Å². The van der Waals surface area contributed by atoms with Crippen molar-refractivity contribution in [1.29, 1.82) is 0 Å². The van der Waals surface area contributed by atoms with Crippen LogP contribution in [-0.4, -0.2) is 16.7 Å². The Morgan fingerprint density at radius 1 is 1.67 bits per heavy atom. The third-order valence-corrected chi connectivity index (χ3v) is 2.26. The van der Waals surface area contributed by atoms with Crippen molar-refractivity contribution < 1.29 is 4.52 Å². The van der Waals surface area contributed by atoms with Gasteiger partial charge in [-0.05, 0) is 24.0 Å². The van der Waals surface area contributed by atoms with Gasteiger partial charge in [0.2, 0.25) is 5.89 Å². The van der Waals surface area contributed by atoms with Crippen molar-refractivity contribution in [2.45, 2.75) is 19.4 Å². The lowest BCUT2D eigenvalue weighted by Gasteiger charge is -2.08. The fourth-order valence-corrected chi connectivity index (χ4v) is 1.54. The lowest BCUT2D eigenvalue weighted by molar-refractivity contribution is 0.319. The van der Waals surface area contributed by atoms with Gasteiger partial charge in [0.05, 0.1) is 6.04 Å². The van der Waals surface area contributed by atoms with Crippen molar-refractivity contribution >= 4 is 5.95 Å². The van der Waals surface area contributed by atoms with E-state index in [1.54, 1.807) is 0 Å². The second kappa shape index (κ2) is 2.75. The Morgan fingerprint density at radius 2 is 2.50 bits per heavy atom. The van der Waals surface area contributed by atoms with Crippen molar-refractivity contribution in [2.24, 2.45) is 5.92 Å². The van der Waals surface area contributed by atoms with Crippen LogP contribution in [0.5, 0.6) is 0 Å². The number of hydrogen-bond acceptors (Lipinski definition) is 5. The number of anilines is 1. The Bertz CT molecular complexity index is 272. The fraction of sp³-hybridized carbons (Fsp3) is 0.714. The minimum Gasteiger partial charge on any atom is -0.365 e. The Kier molecular flexibility index (Phi) is 1.73. The molecule has 12 heavy (non-hydrogen) atoms. The highest BCUT2D eigenvalue weighted by molar-refractivity contribution is 5.12. The summed E-state index contributed by atoms with van der Waals surface area (Å²) in [6.07, 6.45) is 1.15. The van der Waals surface area contributed by atoms with E-state index in [9.17, 15) is 0 Å². The van der Waals surface area contributed by atoms with Gasteiger partial charge in [-0.3, -0.25) is 0 Å². The summed E-state index contributed by atoms with van der Waals surface area (Å²) in [5.74, 6) is 1.37. The highest BCUT2D eigenvalue weighted by Crippen LogP contribution is 2.27. The molecule has 2 unspecified atom stereocenters. The van der Waals surface area contributed by atoms with Gasteiger partial charge in [-0.15, -0.1) is 0 Å². The SMILES string of the molecule is CC1CCNC1c1nc(N)no1. The molecular formula is C7H12N4O. The Morgan fingerprint density at radius 3 is 3.00 bits per heavy atom. The van der Waals surface area contributed by atoms with E-state index in [1.165, 1.54) is 0 Å². The van der Waals surface area contributed by atoms with Crippen molar-refractivity contribution in [3.63, 3.8) is 0 Å². The molecule has 2 rings (SSSR count). The molecule has 2 heterocycles. The Labute approximate surface area is 70.3 Å². The highest BCUT2D eigenvalue weighted by Gasteiger charge is 2.28. The quantitative estimate of drug-likeness (QED) is 0.631. The Hall–Kier alpha value is -1.10. The molecule has 2 atom stereocenters. The molecular weight excluding hydrogens is 156 g/mol. The van der Waals surface area contributed by atoms with Gasteiger partial charge < -0.3 is 15.6 Å². The molecule has 1 saturated heterocycles. The number of nitrogens with zero attached hydrogens (tertiary/aromatic N) is 2. The molecule has 0 saturated carbocycles. The number of rotatable bonds is 1. The largest absolute Gasteiger partial charge is 0.365 e. The molecule has 0 bridgehead atoms. The second-order valence-corrected chi connectivity index (χ2v) is 3.19. The average molecular weight is 168 g/mol. The van der Waals surface area contributed by atoms with Crippen LogP contribution in [0.15, 0.2) is 4.52 Å². The summed E-state index contributed by atoms with van der Waals surface area (Å²) in [7, 11) is 0. The second-order valence-electron chi connectivity index (χ2n) is 3.19. The van der Waals surface area contributed by atoms with E-state index in [0.29, 0.717) is 11.8 Å². The normalized spacial score (nSPS) is 29.4. The molecule has 0 aromatic carbocycles. The summed E-state index contributed by atoms with van der Waals surface area (Å²) >= 11 is 0. The van der Waals surface area contributed by atoms with Crippen LogP contribution in [0.25, 0.3) is 0 Å². The molecule has 1 aromatic rings. The lowest BCUT2D eigenvalue weighted by atomic mass is 10.0. The van der Waals surface area contributed by atoms with Gasteiger partial charge in [0, 0.05) is 0 Å². The zero-order chi connectivity index (χ0) is 8.55. The molecule has 0 aliphatic carbocycles. The number of aromatic nitrogens is 2. The third kappa shape index (κ3) is 1.16. The van der Waals surface area contributed by atoms with Crippen LogP contribution in [-0.2, 0) is 0 Å². The molecule has 0 spiro atoms. The van der Waals surface area contributed by atoms with E-state index in [0.717, 1.165) is 13.0 Å². The van der Waals surface area contributed by atoms with E-state index >= 15 is 0 Å². The van der Waals surface area contributed by atoms with Crippen LogP contribution in [0, 0.1) is 5.92 Å². The van der Waals surface area contributed by atoms with Gasteiger partial charge >= 0.3 is 0 Å². The number of nitrogen functional groups attached to an aromatic ring is 1. The van der Waals surface area contributed by atoms with Crippen LogP contribution < -0.4 is 11.1 Å². The first-order chi connectivity index (χ1) is 5.77. The van der Waals surface area contributed by atoms with Crippen LogP contribution >= 0.6 is 0 Å². The molecule has 0 amide bonds. The van der Waals surface area contributed by atoms with Gasteiger partial charge in [-0.1, -0.05) is 6.92 Å². The minimum absolute atomic E-state index is 0.190. The molecule has 5 heteroatoms. The van der Waals surface area contributed by atoms with E-state index in [4.69, 9.17) is 10.3 Å². The van der Waals surface area contributed by atoms with Crippen molar-refractivity contribution in [3.8, 4) is 0 Å². The van der Waals surface area contributed by atoms with Crippen LogP contribution in [0.4, 0.5) is 5.95 Å². The van der Waals surface area contributed by atoms with Crippen molar-refractivity contribution in [3.05, 3.63) is 5.89 Å². The highest BCUT2D eigenvalue weighted by atomic mass is 16.5. The Balaban J connectivity index is 2.19. The molecule has 3 N–H and O–H groups in total. The molecule has 1 aliphatic rings. The van der Waals surface area contributed by atoms with E-state index in [-0.39, 0.29) is 12.0 Å². The standard InChI is InChI=1S/C7H12N4O/c1-4-2-3-9-5(4)6-10-7(8)11-12-6/h4-5,9H,2-3H2,1H3,(H2,8,11). The maximum Gasteiger partial charge on any atom is 0.260 e. The maximum atomic E-state index is 5.35. The predicted octanol–water partition coefficient (Wildman–Crippen LogP) is 0.322. The van der Waals surface area contributed by atoms with Gasteiger partial charge in [0.25, 0.3) is 5.95 Å². The van der Waals surface area contributed by atoms with Crippen LogP contribution in [0.1, 0.15) is 25.3 Å². The first-order valence-corrected chi connectivity index (χ1v) is 4.10. The fourth-order valence-electron chi connectivity index (χ4n) is 1.54. The molecule has 5 nitrogen and oxygen atoms in total. The summed E-state index contributed by atoms with van der Waals surface area (Å²) in [4.78, 5) is 3.98. The predicted molar refractivity (Wildman–Crippen MR) is 43.2 cm³/mol. The molecule has 0 radical (unpaired) electrons. The van der Waals surface area contributed by atoms with Crippen LogP contribution in [0.3, 0.4) is 0 Å². The summed E-state index contributed by atoms with van der Waals surface area (Å²) in [5.41, 5.74) is 5.35. The summed E-state index contributed by atoms with van der Waals surface area (Å²) < 4.78 is 4.97. The zero-order valence-corrected chi connectivity index (χ0v) is 6.95. The lowest BCUT2D eigenvalue weighted by Crippen LogP contribution is -2.16. The number of nitrogens with one attached hydrogen (secondary N) is 1. The van der Waals surface area contributed by atoms with E-state index in [1.807, 2.05) is 0 Å². The smallest absolute Gasteiger partial charge is 0.260 e. The summed E-state index contributed by atoms with van der Waals surface area (Å²) in [5, 5.41) is 6.83. The third-order valence-electron chi connectivity index (χ3n) is 2.26. The topological polar surface area (TPSA) is 77.0 Å². The minimum atomic E-state index is 0.190. The van der Waals surface area contributed by atoms with Crippen molar-refractivity contribution in [1.82, 2.24) is 15.5 Å². The summed E-state index contributed by atoms with van der Waals surface area (Å²) in [6.45, 7) is 3.17. The van der Waals surface area contributed by atoms with Gasteiger partial charge in [-0.2, -0.15) is 4.98 Å². The first-order valence-electron chi connectivity index (χ1n) is 4.10. The molecule has 1 aliphatic heterocycles. The molecule has 1 aromatic heterocycles. The number of hydrogen-bond donors (Lipinski definition) is 2. The maximum absolute atomic E-state index is 5.35. The first kappa shape index (κ1) is 7.54. The van der Waals surface area contributed by atoms with Gasteiger partial charge in [0.15, 0.2) is 0 Å². The number of nitrogens with two attached hydrogens (primary N) is 1. The monoisotopic (exact) mass is 168 g/mol. The van der Waals surface area contributed by atoms with E-state index < -0.39 is 0 Å². The van der Waals surface area contributed by atoms with Gasteiger partial charge in [-0.25, -0.2) is 0 Å². The summed E-state index contributed by atoms with van der Waals surface area (Å²) in [6, 6.07) is 0.190. The average Bonchev–Trinajstić information content (AvgIpc) is 2.58. The van der Waals surface area contributed by atoms with E-state index in [2.05, 4.69) is 22.4 Å². The zero-order valence-electron chi connectivity index (χ0n) is 6.95. The molecule has 66 valence electrons. The molecule has 1 fully saturated rings. The van der Waals surface area contributed by atoms with Crippen molar-refractivity contribution in [2.75, 3.05) is 12.3 Å². The van der Waals surface area contributed by atoms with Gasteiger partial charge in [0.1, 0.15) is 0 Å².